The van der Waals surface area contributed by atoms with Crippen molar-refractivity contribution in [1.82, 2.24) is 10.2 Å². The molecule has 0 radical (unpaired) electrons. The SMILES string of the molecule is COc1ccc(Cl)cc1N(CC(=O)N(Cc1ccccc1Cl)C(C)C(=O)NC1CCCCC1)S(=O)(=O)c1ccc(C)c([N+](=O)[O-])c1. The van der Waals surface area contributed by atoms with Crippen molar-refractivity contribution in [2.45, 2.75) is 69.5 Å². The van der Waals surface area contributed by atoms with Gasteiger partial charge in [-0.2, -0.15) is 0 Å². The van der Waals surface area contributed by atoms with Crippen LogP contribution in [0.4, 0.5) is 11.4 Å². The molecule has 14 heteroatoms. The number of methoxy groups -OCH3 is 1. The van der Waals surface area contributed by atoms with Crippen LogP contribution in [-0.4, -0.2) is 55.8 Å². The second-order valence-corrected chi connectivity index (χ2v) is 13.9. The van der Waals surface area contributed by atoms with E-state index >= 15 is 0 Å². The van der Waals surface area contributed by atoms with Gasteiger partial charge in [0.25, 0.3) is 15.7 Å². The lowest BCUT2D eigenvalue weighted by atomic mass is 9.95. The van der Waals surface area contributed by atoms with Crippen molar-refractivity contribution in [2.75, 3.05) is 18.0 Å². The third-order valence-corrected chi connectivity index (χ3v) is 10.4. The molecule has 46 heavy (non-hydrogen) atoms. The lowest BCUT2D eigenvalue weighted by molar-refractivity contribution is -0.385. The lowest BCUT2D eigenvalue weighted by Gasteiger charge is -2.33. The number of rotatable bonds is 12. The van der Waals surface area contributed by atoms with Gasteiger partial charge in [-0.3, -0.25) is 24.0 Å². The van der Waals surface area contributed by atoms with Gasteiger partial charge in [0.15, 0.2) is 0 Å². The zero-order valence-electron chi connectivity index (χ0n) is 25.7. The molecule has 4 rings (SSSR count). The van der Waals surface area contributed by atoms with Crippen LogP contribution in [-0.2, 0) is 26.2 Å². The molecule has 1 fully saturated rings. The molecule has 0 aromatic heterocycles. The number of anilines is 1. The number of ether oxygens (including phenoxy) is 1. The fraction of sp³-hybridized carbons (Fsp3) is 0.375. The van der Waals surface area contributed by atoms with E-state index in [1.165, 1.54) is 49.3 Å². The Morgan fingerprint density at radius 2 is 1.76 bits per heavy atom. The third kappa shape index (κ3) is 8.09. The average molecular weight is 692 g/mol. The molecule has 1 aliphatic rings. The molecule has 3 aromatic rings. The highest BCUT2D eigenvalue weighted by molar-refractivity contribution is 7.92. The first kappa shape index (κ1) is 35.0. The van der Waals surface area contributed by atoms with Gasteiger partial charge in [0, 0.05) is 34.3 Å². The molecular formula is C32H36Cl2N4O7S. The fourth-order valence-corrected chi connectivity index (χ4v) is 7.21. The number of hydrogen-bond donors (Lipinski definition) is 1. The number of nitro groups is 1. The first-order valence-corrected chi connectivity index (χ1v) is 17.0. The van der Waals surface area contributed by atoms with Crippen molar-refractivity contribution in [3.8, 4) is 5.75 Å². The van der Waals surface area contributed by atoms with Crippen LogP contribution in [0.25, 0.3) is 0 Å². The molecule has 0 aliphatic heterocycles. The number of nitro benzene ring substituents is 1. The first-order chi connectivity index (χ1) is 21.8. The standard InChI is InChI=1S/C32H36Cl2N4O7S/c1-21-13-15-26(18-28(21)38(41)42)46(43,44)37(29-17-24(33)14-16-30(29)45-3)20-31(39)36(19-23-9-7-8-12-27(23)34)22(2)32(40)35-25-10-5-4-6-11-25/h7-9,12-18,22,25H,4-6,10-11,19-20H2,1-3H3,(H,35,40). The number of amides is 2. The molecule has 1 unspecified atom stereocenters. The van der Waals surface area contributed by atoms with E-state index in [1.807, 2.05) is 0 Å². The molecule has 1 N–H and O–H groups in total. The van der Waals surface area contributed by atoms with Gasteiger partial charge < -0.3 is 15.0 Å². The summed E-state index contributed by atoms with van der Waals surface area (Å²) in [6.45, 7) is 2.19. The first-order valence-electron chi connectivity index (χ1n) is 14.8. The highest BCUT2D eigenvalue weighted by Gasteiger charge is 2.35. The maximum Gasteiger partial charge on any atom is 0.273 e. The number of hydrogen-bond acceptors (Lipinski definition) is 7. The molecule has 2 amide bonds. The zero-order chi connectivity index (χ0) is 33.6. The van der Waals surface area contributed by atoms with Crippen LogP contribution in [0.5, 0.6) is 5.75 Å². The summed E-state index contributed by atoms with van der Waals surface area (Å²) >= 11 is 12.7. The number of sulfonamides is 1. The Balaban J connectivity index is 1.78. The van der Waals surface area contributed by atoms with Crippen molar-refractivity contribution >= 4 is 56.4 Å². The number of benzene rings is 3. The number of nitrogens with zero attached hydrogens (tertiary/aromatic N) is 3. The number of aryl methyl sites for hydroxylation is 1. The highest BCUT2D eigenvalue weighted by Crippen LogP contribution is 2.36. The Kier molecular flexibility index (Phi) is 11.5. The Bertz CT molecular complexity index is 1710. The summed E-state index contributed by atoms with van der Waals surface area (Å²) in [4.78, 5) is 39.7. The van der Waals surface area contributed by atoms with E-state index in [1.54, 1.807) is 31.2 Å². The molecule has 3 aromatic carbocycles. The summed E-state index contributed by atoms with van der Waals surface area (Å²) in [6, 6.07) is 13.6. The van der Waals surface area contributed by atoms with Crippen LogP contribution in [0, 0.1) is 17.0 Å². The van der Waals surface area contributed by atoms with Crippen LogP contribution >= 0.6 is 23.2 Å². The minimum Gasteiger partial charge on any atom is -0.495 e. The van der Waals surface area contributed by atoms with Crippen molar-refractivity contribution < 1.29 is 27.7 Å². The highest BCUT2D eigenvalue weighted by atomic mass is 35.5. The molecule has 1 saturated carbocycles. The van der Waals surface area contributed by atoms with Gasteiger partial charge in [-0.25, -0.2) is 8.42 Å². The quantitative estimate of drug-likeness (QED) is 0.174. The summed E-state index contributed by atoms with van der Waals surface area (Å²) < 4.78 is 34.8. The lowest BCUT2D eigenvalue weighted by Crippen LogP contribution is -2.53. The van der Waals surface area contributed by atoms with Gasteiger partial charge in [0.1, 0.15) is 18.3 Å². The van der Waals surface area contributed by atoms with Gasteiger partial charge in [0.2, 0.25) is 11.8 Å². The van der Waals surface area contributed by atoms with E-state index in [0.29, 0.717) is 10.6 Å². The van der Waals surface area contributed by atoms with Crippen molar-refractivity contribution in [1.29, 1.82) is 0 Å². The van der Waals surface area contributed by atoms with Crippen LogP contribution < -0.4 is 14.4 Å². The number of carbonyl (C=O) groups excluding carboxylic acids is 2. The van der Waals surface area contributed by atoms with E-state index in [4.69, 9.17) is 27.9 Å². The van der Waals surface area contributed by atoms with Crippen molar-refractivity contribution in [3.05, 3.63) is 92.0 Å². The van der Waals surface area contributed by atoms with E-state index in [2.05, 4.69) is 5.32 Å². The minimum absolute atomic E-state index is 0.0223. The van der Waals surface area contributed by atoms with E-state index in [-0.39, 0.29) is 40.5 Å². The van der Waals surface area contributed by atoms with Crippen molar-refractivity contribution in [2.24, 2.45) is 0 Å². The molecule has 1 aliphatic carbocycles. The molecule has 1 atom stereocenters. The van der Waals surface area contributed by atoms with Crippen LogP contribution in [0.15, 0.2) is 65.6 Å². The van der Waals surface area contributed by atoms with Gasteiger partial charge in [-0.15, -0.1) is 0 Å². The molecular weight excluding hydrogens is 655 g/mol. The Labute approximate surface area is 278 Å². The average Bonchev–Trinajstić information content (AvgIpc) is 3.03. The van der Waals surface area contributed by atoms with E-state index < -0.39 is 44.0 Å². The summed E-state index contributed by atoms with van der Waals surface area (Å²) in [6.07, 6.45) is 4.75. The third-order valence-electron chi connectivity index (χ3n) is 8.07. The molecule has 0 saturated heterocycles. The van der Waals surface area contributed by atoms with Gasteiger partial charge >= 0.3 is 0 Å². The van der Waals surface area contributed by atoms with Crippen LogP contribution in [0.1, 0.15) is 50.2 Å². The Morgan fingerprint density at radius 3 is 2.41 bits per heavy atom. The summed E-state index contributed by atoms with van der Waals surface area (Å²) in [5.74, 6) is -1.02. The predicted molar refractivity (Wildman–Crippen MR) is 177 cm³/mol. The summed E-state index contributed by atoms with van der Waals surface area (Å²) in [5.41, 5.74) is 0.344. The van der Waals surface area contributed by atoms with Crippen LogP contribution in [0.3, 0.4) is 0 Å². The molecule has 0 spiro atoms. The van der Waals surface area contributed by atoms with Crippen LogP contribution in [0.2, 0.25) is 10.0 Å². The second-order valence-electron chi connectivity index (χ2n) is 11.2. The normalized spacial score (nSPS) is 14.3. The summed E-state index contributed by atoms with van der Waals surface area (Å²) in [7, 11) is -3.31. The van der Waals surface area contributed by atoms with Gasteiger partial charge in [0.05, 0.1) is 22.6 Å². The smallest absolute Gasteiger partial charge is 0.273 e. The number of halogens is 2. The molecule has 11 nitrogen and oxygen atoms in total. The number of carbonyl (C=O) groups is 2. The molecule has 0 heterocycles. The van der Waals surface area contributed by atoms with E-state index in [9.17, 15) is 28.1 Å². The Hall–Kier alpha value is -3.87. The minimum atomic E-state index is -4.64. The summed E-state index contributed by atoms with van der Waals surface area (Å²) in [5, 5.41) is 15.3. The fourth-order valence-electron chi connectivity index (χ4n) is 5.41. The zero-order valence-corrected chi connectivity index (χ0v) is 28.1. The molecule has 0 bridgehead atoms. The van der Waals surface area contributed by atoms with Crippen molar-refractivity contribution in [3.63, 3.8) is 0 Å². The topological polar surface area (TPSA) is 139 Å². The maximum atomic E-state index is 14.3. The molecule has 246 valence electrons. The maximum absolute atomic E-state index is 14.3. The van der Waals surface area contributed by atoms with Gasteiger partial charge in [-0.1, -0.05) is 66.7 Å². The number of nitrogens with one attached hydrogen (secondary N) is 1. The van der Waals surface area contributed by atoms with E-state index in [0.717, 1.165) is 42.5 Å². The van der Waals surface area contributed by atoms with Gasteiger partial charge in [-0.05, 0) is 62.6 Å². The largest absolute Gasteiger partial charge is 0.495 e. The Morgan fingerprint density at radius 1 is 1.07 bits per heavy atom. The second kappa shape index (κ2) is 15.1. The monoisotopic (exact) mass is 690 g/mol. The predicted octanol–water partition coefficient (Wildman–Crippen LogP) is 6.28.